The first-order chi connectivity index (χ1) is 14.0. The molecule has 1 atom stereocenters. The first kappa shape index (κ1) is 20.8. The zero-order chi connectivity index (χ0) is 20.4. The largest absolute Gasteiger partial charge is 0.489 e. The lowest BCUT2D eigenvalue weighted by atomic mass is 9.84. The summed E-state index contributed by atoms with van der Waals surface area (Å²) in [4.78, 5) is 11.5. The van der Waals surface area contributed by atoms with Gasteiger partial charge in [0, 0.05) is 0 Å². The van der Waals surface area contributed by atoms with E-state index in [2.05, 4.69) is 65.2 Å². The molecule has 5 heteroatoms. The first-order valence-electron chi connectivity index (χ1n) is 10.8. The summed E-state index contributed by atoms with van der Waals surface area (Å²) < 4.78 is 12.7. The van der Waals surface area contributed by atoms with E-state index in [1.165, 1.54) is 50.3 Å². The van der Waals surface area contributed by atoms with E-state index in [-0.39, 0.29) is 6.09 Å². The standard InChI is InChI=1S/C24H30INO3/c1-3-4-5-16-6-10-19(11-7-16)29-21-13-8-17-14-18(9-12-20(17)22(21)25)24(2)15-28-23(27)26-24/h8-9,12-14,16,19H,3-7,10-11,15H2,1-2H3,(H,26,27)/t16-,19+,24-/m0/s1. The Hall–Kier alpha value is -1.50. The van der Waals surface area contributed by atoms with Gasteiger partial charge in [-0.2, -0.15) is 0 Å². The molecule has 0 bridgehead atoms. The van der Waals surface area contributed by atoms with Crippen LogP contribution in [0.4, 0.5) is 4.79 Å². The number of fused-ring (bicyclic) bond motifs is 1. The Morgan fingerprint density at radius 3 is 2.69 bits per heavy atom. The van der Waals surface area contributed by atoms with Gasteiger partial charge in [0.2, 0.25) is 0 Å². The summed E-state index contributed by atoms with van der Waals surface area (Å²) in [6.07, 6.45) is 8.94. The van der Waals surface area contributed by atoms with E-state index in [4.69, 9.17) is 9.47 Å². The lowest BCUT2D eigenvalue weighted by Gasteiger charge is -2.29. The van der Waals surface area contributed by atoms with Crippen molar-refractivity contribution in [3.8, 4) is 5.75 Å². The van der Waals surface area contributed by atoms with Crippen molar-refractivity contribution in [2.75, 3.05) is 6.61 Å². The Labute approximate surface area is 186 Å². The van der Waals surface area contributed by atoms with Crippen LogP contribution in [0.25, 0.3) is 10.8 Å². The van der Waals surface area contributed by atoms with Gasteiger partial charge >= 0.3 is 6.09 Å². The number of nitrogens with one attached hydrogen (secondary N) is 1. The second-order valence-electron chi connectivity index (χ2n) is 8.75. The Morgan fingerprint density at radius 1 is 1.21 bits per heavy atom. The summed E-state index contributed by atoms with van der Waals surface area (Å²) in [6, 6.07) is 10.6. The Kier molecular flexibility index (Phi) is 6.23. The highest BCUT2D eigenvalue weighted by Crippen LogP contribution is 2.36. The van der Waals surface area contributed by atoms with Gasteiger partial charge in [0.15, 0.2) is 0 Å². The van der Waals surface area contributed by atoms with Crippen LogP contribution in [-0.4, -0.2) is 18.8 Å². The number of benzene rings is 2. The van der Waals surface area contributed by atoms with Crippen LogP contribution in [0.15, 0.2) is 30.3 Å². The average molecular weight is 507 g/mol. The molecule has 1 aliphatic carbocycles. The molecule has 2 aromatic carbocycles. The molecule has 2 aliphatic rings. The third-order valence-corrected chi connectivity index (χ3v) is 7.59. The predicted molar refractivity (Wildman–Crippen MR) is 124 cm³/mol. The second kappa shape index (κ2) is 8.70. The van der Waals surface area contributed by atoms with Crippen molar-refractivity contribution in [1.82, 2.24) is 5.32 Å². The Balaban J connectivity index is 1.47. The third kappa shape index (κ3) is 4.49. The van der Waals surface area contributed by atoms with Gasteiger partial charge in [0.1, 0.15) is 12.4 Å². The van der Waals surface area contributed by atoms with Crippen LogP contribution in [0.2, 0.25) is 0 Å². The molecule has 1 heterocycles. The van der Waals surface area contributed by atoms with Gasteiger partial charge in [0.25, 0.3) is 0 Å². The summed E-state index contributed by atoms with van der Waals surface area (Å²) in [5, 5.41) is 5.27. The van der Waals surface area contributed by atoms with Gasteiger partial charge in [-0.05, 0) is 89.6 Å². The zero-order valence-corrected chi connectivity index (χ0v) is 19.5. The molecule has 1 amide bonds. The van der Waals surface area contributed by atoms with E-state index in [1.807, 2.05) is 6.92 Å². The monoisotopic (exact) mass is 507 g/mol. The highest BCUT2D eigenvalue weighted by atomic mass is 127. The quantitative estimate of drug-likeness (QED) is 0.453. The number of carbonyl (C=O) groups excluding carboxylic acids is 1. The van der Waals surface area contributed by atoms with Crippen molar-refractivity contribution < 1.29 is 14.3 Å². The number of amides is 1. The summed E-state index contributed by atoms with van der Waals surface area (Å²) >= 11 is 2.40. The van der Waals surface area contributed by atoms with E-state index in [9.17, 15) is 4.79 Å². The smallest absolute Gasteiger partial charge is 0.408 e. The number of halogens is 1. The highest BCUT2D eigenvalue weighted by molar-refractivity contribution is 14.1. The molecule has 1 saturated carbocycles. The number of rotatable bonds is 6. The lowest BCUT2D eigenvalue weighted by molar-refractivity contribution is 0.127. The molecule has 2 fully saturated rings. The fourth-order valence-corrected chi connectivity index (χ4v) is 5.38. The Bertz CT molecular complexity index is 891. The fraction of sp³-hybridized carbons (Fsp3) is 0.542. The molecule has 0 spiro atoms. The van der Waals surface area contributed by atoms with Crippen LogP contribution in [0, 0.1) is 9.49 Å². The van der Waals surface area contributed by atoms with Gasteiger partial charge in [-0.15, -0.1) is 0 Å². The maximum Gasteiger partial charge on any atom is 0.408 e. The van der Waals surface area contributed by atoms with Crippen LogP contribution in [0.5, 0.6) is 5.75 Å². The van der Waals surface area contributed by atoms with E-state index in [0.717, 1.165) is 26.2 Å². The highest BCUT2D eigenvalue weighted by Gasteiger charge is 2.36. The molecule has 1 saturated heterocycles. The predicted octanol–water partition coefficient (Wildman–Crippen LogP) is 6.53. The molecule has 1 aliphatic heterocycles. The maximum atomic E-state index is 11.5. The molecule has 29 heavy (non-hydrogen) atoms. The molecular weight excluding hydrogens is 477 g/mol. The van der Waals surface area contributed by atoms with Crippen molar-refractivity contribution >= 4 is 39.5 Å². The van der Waals surface area contributed by atoms with Gasteiger partial charge in [-0.25, -0.2) is 4.79 Å². The van der Waals surface area contributed by atoms with Gasteiger partial charge in [0.05, 0.1) is 15.2 Å². The van der Waals surface area contributed by atoms with Crippen molar-refractivity contribution in [2.24, 2.45) is 5.92 Å². The number of unbranched alkanes of at least 4 members (excludes halogenated alkanes) is 1. The maximum absolute atomic E-state index is 11.5. The zero-order valence-electron chi connectivity index (χ0n) is 17.3. The average Bonchev–Trinajstić information content (AvgIpc) is 3.09. The number of alkyl carbamates (subject to hydrolysis) is 1. The molecule has 2 aromatic rings. The summed E-state index contributed by atoms with van der Waals surface area (Å²) in [6.45, 7) is 4.63. The molecule has 4 rings (SSSR count). The third-order valence-electron chi connectivity index (χ3n) is 6.48. The summed E-state index contributed by atoms with van der Waals surface area (Å²) in [5.41, 5.74) is 0.591. The van der Waals surface area contributed by atoms with Gasteiger partial charge in [-0.3, -0.25) is 0 Å². The van der Waals surface area contributed by atoms with Gasteiger partial charge in [-0.1, -0.05) is 44.4 Å². The van der Waals surface area contributed by atoms with E-state index < -0.39 is 5.54 Å². The molecular formula is C24H30INO3. The van der Waals surface area contributed by atoms with Crippen LogP contribution >= 0.6 is 22.6 Å². The van der Waals surface area contributed by atoms with Crippen molar-refractivity contribution in [3.63, 3.8) is 0 Å². The van der Waals surface area contributed by atoms with Crippen molar-refractivity contribution in [1.29, 1.82) is 0 Å². The van der Waals surface area contributed by atoms with Crippen molar-refractivity contribution in [3.05, 3.63) is 39.5 Å². The minimum atomic E-state index is -0.470. The first-order valence-corrected chi connectivity index (χ1v) is 11.9. The van der Waals surface area contributed by atoms with Crippen LogP contribution in [0.1, 0.15) is 64.4 Å². The van der Waals surface area contributed by atoms with Crippen LogP contribution in [0.3, 0.4) is 0 Å². The molecule has 4 nitrogen and oxygen atoms in total. The van der Waals surface area contributed by atoms with Gasteiger partial charge < -0.3 is 14.8 Å². The molecule has 0 aromatic heterocycles. The summed E-state index contributed by atoms with van der Waals surface area (Å²) in [5.74, 6) is 1.89. The number of hydrogen-bond acceptors (Lipinski definition) is 3. The number of cyclic esters (lactones) is 1. The van der Waals surface area contributed by atoms with Crippen LogP contribution in [-0.2, 0) is 10.3 Å². The number of ether oxygens (including phenoxy) is 2. The minimum absolute atomic E-state index is 0.336. The van der Waals surface area contributed by atoms with E-state index >= 15 is 0 Å². The topological polar surface area (TPSA) is 47.6 Å². The molecule has 0 unspecified atom stereocenters. The molecule has 0 radical (unpaired) electrons. The van der Waals surface area contributed by atoms with E-state index in [0.29, 0.717) is 12.7 Å². The lowest BCUT2D eigenvalue weighted by Crippen LogP contribution is -2.37. The molecule has 1 N–H and O–H groups in total. The minimum Gasteiger partial charge on any atom is -0.489 e. The Morgan fingerprint density at radius 2 is 2.00 bits per heavy atom. The molecule has 156 valence electrons. The normalized spacial score (nSPS) is 26.9. The van der Waals surface area contributed by atoms with Crippen molar-refractivity contribution in [2.45, 2.75) is 70.4 Å². The van der Waals surface area contributed by atoms with Crippen LogP contribution < -0.4 is 10.1 Å². The van der Waals surface area contributed by atoms with E-state index in [1.54, 1.807) is 0 Å². The number of carbonyl (C=O) groups is 1. The summed E-state index contributed by atoms with van der Waals surface area (Å²) in [7, 11) is 0. The number of hydrogen-bond donors (Lipinski definition) is 1. The SMILES string of the molecule is CCCC[C@H]1CC[C@@H](Oc2ccc3cc([C@]4(C)COC(=O)N4)ccc3c2I)CC1. The second-order valence-corrected chi connectivity index (χ2v) is 9.83. The fourth-order valence-electron chi connectivity index (χ4n) is 4.58.